The summed E-state index contributed by atoms with van der Waals surface area (Å²) < 4.78 is 1.51. The Morgan fingerprint density at radius 2 is 1.42 bits per heavy atom. The Morgan fingerprint density at radius 3 is 1.76 bits per heavy atom. The fourth-order valence-corrected chi connectivity index (χ4v) is 6.41. The molecule has 266 valence electrons. The Hall–Kier alpha value is 3.84. The van der Waals surface area contributed by atoms with Gasteiger partial charge in [-0.3, -0.25) is 9.59 Å². The third-order valence-corrected chi connectivity index (χ3v) is 15.7. The Morgan fingerprint density at radius 1 is 0.978 bits per heavy atom. The van der Waals surface area contributed by atoms with Crippen molar-refractivity contribution in [2.24, 2.45) is 23.3 Å². The smallest absolute Gasteiger partial charge is 0.154 e. The molecule has 4 N–H and O–H groups in total. The summed E-state index contributed by atoms with van der Waals surface area (Å²) in [5.41, 5.74) is 12.7. The highest BCUT2D eigenvalue weighted by molar-refractivity contribution is 14.3. The lowest BCUT2D eigenvalue weighted by atomic mass is 9.87. The fourth-order valence-electron chi connectivity index (χ4n) is 2.44. The predicted octanol–water partition coefficient (Wildman–Crippen LogP) is 10.9. The molecule has 0 aliphatic heterocycles. The van der Waals surface area contributed by atoms with Gasteiger partial charge in [0.15, 0.2) is 5.78 Å². The van der Waals surface area contributed by atoms with Crippen molar-refractivity contribution in [3.8, 4) is 0 Å². The summed E-state index contributed by atoms with van der Waals surface area (Å²) in [5, 5.41) is 0. The summed E-state index contributed by atoms with van der Waals surface area (Å²) >= 11 is 24.9. The van der Waals surface area contributed by atoms with Crippen LogP contribution >= 0.6 is 135 Å². The van der Waals surface area contributed by atoms with Crippen LogP contribution in [0.25, 0.3) is 0 Å². The minimum atomic E-state index is -0.392. The maximum atomic E-state index is 12.4. The molecule has 4 atom stereocenters. The van der Waals surface area contributed by atoms with Crippen LogP contribution in [0.5, 0.6) is 0 Å². The number of rotatable bonds is 13. The van der Waals surface area contributed by atoms with Crippen molar-refractivity contribution < 1.29 is 9.59 Å². The number of hydrogen-bond donors (Lipinski definition) is 2. The molecule has 1 aromatic carbocycles. The van der Waals surface area contributed by atoms with Gasteiger partial charge in [0, 0.05) is 44.2 Å². The monoisotopic (exact) mass is 1300 g/mol. The van der Waals surface area contributed by atoms with Crippen LogP contribution in [-0.2, 0) is 59.0 Å². The zero-order chi connectivity index (χ0) is 36.6. The third kappa shape index (κ3) is 36.0. The number of halogens is 5. The molecule has 0 heterocycles. The Labute approximate surface area is 369 Å². The maximum Gasteiger partial charge on any atom is 0.154 e. The van der Waals surface area contributed by atoms with E-state index in [1.54, 1.807) is 21.6 Å². The van der Waals surface area contributed by atoms with Crippen LogP contribution in [0.2, 0.25) is 0 Å². The second-order valence-electron chi connectivity index (χ2n) is 11.0. The lowest BCUT2D eigenvalue weighted by Gasteiger charge is -2.22. The molecule has 0 saturated carbocycles. The second-order valence-corrected chi connectivity index (χ2v) is 34.2. The topological polar surface area (TPSA) is 86.2 Å². The Bertz CT molecular complexity index is 948. The van der Waals surface area contributed by atoms with Crippen LogP contribution in [0.3, 0.4) is 0 Å². The number of ketones is 2. The molecular formula is C30H53I5N2O2S6. The standard InChI is InChI=1S/C16H25NOS2.C8H17NOS2.C3H5I3.C3H6I2.S2/c1-5-20(19)15-9-7-6-8-13(15)10-14(18)16(17)12(4)11(2)3;1-6(10)7(9)5-11-12-8(2,3)4;1-2-3(4,5)6;1-2-3(4)5;1-2/h6-9,11-12,16H,5,10,17H2,1-4H3;7H,5,9H2,1-4H3;2H2,1H3;3H,2H2,1H3;/t12-,16+,20?;7-;;;/m10.../s1. The highest BCUT2D eigenvalue weighted by Crippen LogP contribution is 2.38. The molecule has 0 saturated heterocycles. The highest BCUT2D eigenvalue weighted by atomic mass is 127. The maximum absolute atomic E-state index is 12.4. The van der Waals surface area contributed by atoms with E-state index in [1.165, 1.54) is 19.8 Å². The van der Waals surface area contributed by atoms with E-state index in [-0.39, 0.29) is 37.7 Å². The first-order valence-corrected chi connectivity index (χ1v) is 26.1. The van der Waals surface area contributed by atoms with E-state index in [1.807, 2.05) is 31.2 Å². The number of benzene rings is 1. The summed E-state index contributed by atoms with van der Waals surface area (Å²) in [4.78, 5) is 24.2. The van der Waals surface area contributed by atoms with Crippen molar-refractivity contribution in [1.82, 2.24) is 0 Å². The van der Waals surface area contributed by atoms with E-state index in [2.05, 4.69) is 191 Å². The second kappa shape index (κ2) is 32.5. The number of alkyl halides is 5. The average molecular weight is 1300 g/mol. The zero-order valence-corrected chi connectivity index (χ0v) is 43.7. The van der Waals surface area contributed by atoms with Crippen molar-refractivity contribution >= 4 is 189 Å². The average Bonchev–Trinajstić information content (AvgIpc) is 2.96. The van der Waals surface area contributed by atoms with E-state index in [0.29, 0.717) is 17.5 Å². The van der Waals surface area contributed by atoms with E-state index in [0.717, 1.165) is 18.1 Å². The number of carbonyl (C=O) groups excluding carboxylic acids is 2. The summed E-state index contributed by atoms with van der Waals surface area (Å²) in [5.74, 6) is 2.42. The lowest BCUT2D eigenvalue weighted by molar-refractivity contribution is -0.121. The minimum absolute atomic E-state index is 0.0667. The number of carbonyl (C=O) groups is 2. The molecule has 0 fully saturated rings. The normalized spacial score (nSPS) is 13.7. The van der Waals surface area contributed by atoms with Crippen molar-refractivity contribution in [1.29, 1.82) is 0 Å². The quantitative estimate of drug-likeness (QED) is 0.114. The summed E-state index contributed by atoms with van der Waals surface area (Å²) in [6, 6.07) is 7.30. The largest absolute Gasteiger partial charge is 0.321 e. The van der Waals surface area contributed by atoms with E-state index in [9.17, 15) is 9.59 Å². The van der Waals surface area contributed by atoms with E-state index < -0.39 is 6.04 Å². The minimum Gasteiger partial charge on any atom is -0.321 e. The lowest BCUT2D eigenvalue weighted by Crippen LogP contribution is -2.40. The molecule has 0 radical (unpaired) electrons. The first-order valence-electron chi connectivity index (χ1n) is 14.4. The van der Waals surface area contributed by atoms with Gasteiger partial charge in [0.1, 0.15) is 5.22 Å². The van der Waals surface area contributed by atoms with Crippen LogP contribution in [-0.4, -0.2) is 41.3 Å². The van der Waals surface area contributed by atoms with Gasteiger partial charge in [-0.1, -0.05) is 225 Å². The van der Waals surface area contributed by atoms with Gasteiger partial charge in [-0.2, -0.15) is 0 Å². The summed E-state index contributed by atoms with van der Waals surface area (Å²) in [6.07, 6.45) is 2.91. The van der Waals surface area contributed by atoms with Gasteiger partial charge in [0.05, 0.1) is 14.0 Å². The van der Waals surface area contributed by atoms with Gasteiger partial charge >= 0.3 is 0 Å². The predicted molar refractivity (Wildman–Crippen MR) is 261 cm³/mol. The molecule has 4 nitrogen and oxygen atoms in total. The van der Waals surface area contributed by atoms with Crippen LogP contribution in [0, 0.1) is 11.8 Å². The Balaban J connectivity index is -0.000000284. The molecule has 0 amide bonds. The zero-order valence-electron chi connectivity index (χ0n) is 28.0. The molecule has 0 aliphatic carbocycles. The van der Waals surface area contributed by atoms with Gasteiger partial charge < -0.3 is 11.5 Å². The number of nitrogens with two attached hydrogens (primary N) is 2. The molecule has 45 heavy (non-hydrogen) atoms. The molecule has 0 bridgehead atoms. The third-order valence-electron chi connectivity index (χ3n) is 5.62. The number of hydrogen-bond acceptors (Lipinski definition) is 9. The van der Waals surface area contributed by atoms with Gasteiger partial charge in [-0.15, -0.1) is 0 Å². The van der Waals surface area contributed by atoms with Crippen LogP contribution in [0.15, 0.2) is 29.2 Å². The SMILES string of the molecule is CC(=O)[C@@H](N)CSSC(C)(C)C.CCC(I)(I)I.CCC(I)I.CCS(=S)c1ccccc1CC(=O)[C@@H](N)[C@H](C)C(C)C.S=S. The first kappa shape index (κ1) is 55.6. The molecular weight excluding hydrogens is 1250 g/mol. The van der Waals surface area contributed by atoms with Crippen molar-refractivity contribution in [2.45, 2.75) is 112 Å². The van der Waals surface area contributed by atoms with Gasteiger partial charge in [-0.25, -0.2) is 0 Å². The molecule has 0 aromatic heterocycles. The van der Waals surface area contributed by atoms with Gasteiger partial charge in [0.25, 0.3) is 0 Å². The summed E-state index contributed by atoms with van der Waals surface area (Å²) in [6.45, 7) is 20.7. The van der Waals surface area contributed by atoms with E-state index >= 15 is 0 Å². The molecule has 1 aromatic rings. The molecule has 0 spiro atoms. The number of Topliss-reactive ketones (excluding diaryl/α,β-unsaturated/α-hetero) is 2. The van der Waals surface area contributed by atoms with Crippen molar-refractivity contribution in [3.05, 3.63) is 29.8 Å². The van der Waals surface area contributed by atoms with Crippen molar-refractivity contribution in [2.75, 3.05) is 11.5 Å². The molecule has 0 aliphatic rings. The molecule has 15 heteroatoms. The van der Waals surface area contributed by atoms with Crippen molar-refractivity contribution in [3.63, 3.8) is 0 Å². The van der Waals surface area contributed by atoms with Gasteiger partial charge in [-0.05, 0) is 60.2 Å². The molecule has 1 rings (SSSR count). The van der Waals surface area contributed by atoms with Gasteiger partial charge in [0.2, 0.25) is 0 Å². The molecule has 1 unspecified atom stereocenters. The fraction of sp³-hybridized carbons (Fsp3) is 0.733. The first-order chi connectivity index (χ1) is 20.5. The van der Waals surface area contributed by atoms with E-state index in [4.69, 9.17) is 22.7 Å². The van der Waals surface area contributed by atoms with Crippen LogP contribution < -0.4 is 11.5 Å². The highest BCUT2D eigenvalue weighted by Gasteiger charge is 2.24. The Kier molecular flexibility index (Phi) is 40.1. The summed E-state index contributed by atoms with van der Waals surface area (Å²) in [7, 11) is 3.22. The van der Waals surface area contributed by atoms with Crippen LogP contribution in [0.1, 0.15) is 87.6 Å². The van der Waals surface area contributed by atoms with Crippen LogP contribution in [0.4, 0.5) is 0 Å².